The summed E-state index contributed by atoms with van der Waals surface area (Å²) in [6.45, 7) is 3.27. The van der Waals surface area contributed by atoms with E-state index in [4.69, 9.17) is 28.0 Å². The van der Waals surface area contributed by atoms with Crippen LogP contribution in [-0.4, -0.2) is 54.9 Å². The van der Waals surface area contributed by atoms with E-state index in [1.165, 1.54) is 0 Å². The Labute approximate surface area is 159 Å². The van der Waals surface area contributed by atoms with Crippen LogP contribution < -0.4 is 34.6 Å². The number of hydrogen-bond acceptors (Lipinski definition) is 10. The molecule has 0 aliphatic rings. The SMILES string of the molecule is CCOC(N)=O.NCCCCC(N)C(=O)O.NCCCCC(N)C(=O)ON. The molecule has 0 bridgehead atoms. The van der Waals surface area contributed by atoms with Crippen LogP contribution in [0.1, 0.15) is 45.4 Å². The van der Waals surface area contributed by atoms with E-state index in [2.05, 4.69) is 21.2 Å². The number of hydrogen-bond donors (Lipinski definition) is 7. The van der Waals surface area contributed by atoms with Gasteiger partial charge in [-0.15, -0.1) is 0 Å². The number of aliphatic carboxylic acids is 1. The first kappa shape index (κ1) is 29.8. The number of amides is 1. The molecule has 0 fully saturated rings. The van der Waals surface area contributed by atoms with E-state index in [1.54, 1.807) is 6.92 Å². The normalized spacial score (nSPS) is 11.6. The molecule has 0 aliphatic carbocycles. The van der Waals surface area contributed by atoms with Crippen LogP contribution >= 0.6 is 0 Å². The van der Waals surface area contributed by atoms with Crippen LogP contribution in [0.2, 0.25) is 0 Å². The Bertz CT molecular complexity index is 386. The van der Waals surface area contributed by atoms with Gasteiger partial charge in [0.2, 0.25) is 0 Å². The van der Waals surface area contributed by atoms with Gasteiger partial charge < -0.3 is 43.3 Å². The van der Waals surface area contributed by atoms with Gasteiger partial charge in [-0.2, -0.15) is 5.90 Å². The molecule has 0 spiro atoms. The maximum absolute atomic E-state index is 10.6. The maximum atomic E-state index is 10.6. The number of primary amides is 1. The monoisotopic (exact) mass is 396 g/mol. The lowest BCUT2D eigenvalue weighted by Crippen LogP contribution is -2.33. The molecule has 0 saturated carbocycles. The van der Waals surface area contributed by atoms with Gasteiger partial charge in [-0.05, 0) is 45.7 Å². The summed E-state index contributed by atoms with van der Waals surface area (Å²) >= 11 is 0. The van der Waals surface area contributed by atoms with Crippen LogP contribution in [0.4, 0.5) is 4.79 Å². The molecule has 13 N–H and O–H groups in total. The molecule has 2 atom stereocenters. The Kier molecular flexibility index (Phi) is 24.3. The third kappa shape index (κ3) is 26.3. The molecule has 12 nitrogen and oxygen atoms in total. The molecule has 0 aliphatic heterocycles. The van der Waals surface area contributed by atoms with Crippen LogP contribution in [0, 0.1) is 0 Å². The van der Waals surface area contributed by atoms with Gasteiger partial charge in [0.25, 0.3) is 0 Å². The van der Waals surface area contributed by atoms with E-state index in [9.17, 15) is 14.4 Å². The van der Waals surface area contributed by atoms with Crippen LogP contribution in [0.15, 0.2) is 0 Å². The number of ether oxygens (including phenoxy) is 1. The quantitative estimate of drug-likeness (QED) is 0.156. The Hall–Kier alpha value is -1.99. The highest BCUT2D eigenvalue weighted by molar-refractivity contribution is 5.75. The van der Waals surface area contributed by atoms with Crippen LogP contribution in [0.3, 0.4) is 0 Å². The second-order valence-electron chi connectivity index (χ2n) is 5.31. The van der Waals surface area contributed by atoms with Crippen molar-refractivity contribution in [1.29, 1.82) is 0 Å². The second-order valence-corrected chi connectivity index (χ2v) is 5.31. The van der Waals surface area contributed by atoms with Gasteiger partial charge in [0, 0.05) is 0 Å². The molecule has 0 rings (SSSR count). The lowest BCUT2D eigenvalue weighted by molar-refractivity contribution is -0.146. The molecular formula is C15H36N6O6. The third-order valence-corrected chi connectivity index (χ3v) is 2.96. The zero-order valence-electron chi connectivity index (χ0n) is 16.0. The highest BCUT2D eigenvalue weighted by Gasteiger charge is 2.12. The largest absolute Gasteiger partial charge is 0.480 e. The summed E-state index contributed by atoms with van der Waals surface area (Å²) in [5.41, 5.74) is 25.6. The van der Waals surface area contributed by atoms with E-state index in [-0.39, 0.29) is 0 Å². The average Bonchev–Trinajstić information content (AvgIpc) is 2.62. The molecule has 0 heterocycles. The minimum absolute atomic E-state index is 0.356. The van der Waals surface area contributed by atoms with Crippen LogP contribution in [-0.2, 0) is 19.2 Å². The summed E-state index contributed by atoms with van der Waals surface area (Å²) < 4.78 is 4.18. The van der Waals surface area contributed by atoms with Crippen molar-refractivity contribution < 1.29 is 29.1 Å². The van der Waals surface area contributed by atoms with Crippen molar-refractivity contribution in [3.05, 3.63) is 0 Å². The van der Waals surface area contributed by atoms with Gasteiger partial charge in [0.1, 0.15) is 12.1 Å². The smallest absolute Gasteiger partial charge is 0.404 e. The summed E-state index contributed by atoms with van der Waals surface area (Å²) in [5, 5.41) is 8.33. The van der Waals surface area contributed by atoms with E-state index < -0.39 is 30.1 Å². The Balaban J connectivity index is -0.000000334. The molecule has 2 unspecified atom stereocenters. The number of rotatable bonds is 11. The van der Waals surface area contributed by atoms with Gasteiger partial charge in [0.15, 0.2) is 0 Å². The highest BCUT2D eigenvalue weighted by Crippen LogP contribution is 1.98. The van der Waals surface area contributed by atoms with Crippen molar-refractivity contribution in [3.8, 4) is 0 Å². The zero-order chi connectivity index (χ0) is 21.7. The zero-order valence-corrected chi connectivity index (χ0v) is 16.0. The number of nitrogens with two attached hydrogens (primary N) is 6. The number of carbonyl (C=O) groups excluding carboxylic acids is 2. The Morgan fingerprint density at radius 2 is 1.37 bits per heavy atom. The third-order valence-electron chi connectivity index (χ3n) is 2.96. The van der Waals surface area contributed by atoms with Crippen molar-refractivity contribution >= 4 is 18.0 Å². The van der Waals surface area contributed by atoms with Crippen molar-refractivity contribution in [3.63, 3.8) is 0 Å². The Morgan fingerprint density at radius 1 is 0.926 bits per heavy atom. The lowest BCUT2D eigenvalue weighted by atomic mass is 10.1. The van der Waals surface area contributed by atoms with E-state index in [0.29, 0.717) is 32.5 Å². The minimum Gasteiger partial charge on any atom is -0.480 e. The first-order valence-corrected chi connectivity index (χ1v) is 8.64. The summed E-state index contributed by atoms with van der Waals surface area (Å²) in [5.74, 6) is 3.12. The summed E-state index contributed by atoms with van der Waals surface area (Å²) in [7, 11) is 0. The molecule has 0 aromatic rings. The first-order chi connectivity index (χ1) is 12.7. The van der Waals surface area contributed by atoms with Crippen molar-refractivity contribution in [2.45, 2.75) is 57.5 Å². The molecule has 12 heteroatoms. The van der Waals surface area contributed by atoms with Gasteiger partial charge in [-0.3, -0.25) is 4.79 Å². The van der Waals surface area contributed by atoms with Gasteiger partial charge >= 0.3 is 18.0 Å². The number of carbonyl (C=O) groups is 3. The van der Waals surface area contributed by atoms with Crippen molar-refractivity contribution in [2.75, 3.05) is 19.7 Å². The fourth-order valence-electron chi connectivity index (χ4n) is 1.49. The fourth-order valence-corrected chi connectivity index (χ4v) is 1.49. The van der Waals surface area contributed by atoms with E-state index >= 15 is 0 Å². The van der Waals surface area contributed by atoms with Gasteiger partial charge in [0.05, 0.1) is 6.61 Å². The Morgan fingerprint density at radius 3 is 1.63 bits per heavy atom. The van der Waals surface area contributed by atoms with Crippen molar-refractivity contribution in [1.82, 2.24) is 0 Å². The van der Waals surface area contributed by atoms with Crippen LogP contribution in [0.25, 0.3) is 0 Å². The number of unbranched alkanes of at least 4 members (excludes halogenated alkanes) is 2. The maximum Gasteiger partial charge on any atom is 0.404 e. The summed E-state index contributed by atoms with van der Waals surface area (Å²) in [4.78, 5) is 34.3. The second kappa shape index (κ2) is 22.1. The molecule has 0 aromatic heterocycles. The highest BCUT2D eigenvalue weighted by atomic mass is 16.7. The molecule has 0 aromatic carbocycles. The van der Waals surface area contributed by atoms with Crippen molar-refractivity contribution in [2.24, 2.45) is 34.6 Å². The predicted molar refractivity (Wildman–Crippen MR) is 101 cm³/mol. The van der Waals surface area contributed by atoms with E-state index in [1.807, 2.05) is 0 Å². The standard InChI is InChI=1S/C6H15N3O2.C6H14N2O2.C3H7NO2/c7-4-2-1-3-5(8)6(10)11-9;7-4-2-1-3-5(8)6(9)10;1-2-6-3(4)5/h5H,1-4,7-9H2;5H,1-4,7-8H2,(H,9,10);2H2,1H3,(H2,4,5). The molecular weight excluding hydrogens is 360 g/mol. The van der Waals surface area contributed by atoms with E-state index in [0.717, 1.165) is 25.7 Å². The topological polar surface area (TPSA) is 246 Å². The number of carboxylic acids is 1. The number of carboxylic acid groups (broad SMARTS) is 1. The molecule has 0 radical (unpaired) electrons. The summed E-state index contributed by atoms with van der Waals surface area (Å²) in [6, 6.07) is -1.32. The minimum atomic E-state index is -0.933. The summed E-state index contributed by atoms with van der Waals surface area (Å²) in [6.07, 6.45) is 3.72. The average molecular weight is 396 g/mol. The molecule has 162 valence electrons. The van der Waals surface area contributed by atoms with Gasteiger partial charge in [-0.25, -0.2) is 9.59 Å². The fraction of sp³-hybridized carbons (Fsp3) is 0.800. The van der Waals surface area contributed by atoms with Crippen LogP contribution in [0.5, 0.6) is 0 Å². The lowest BCUT2D eigenvalue weighted by Gasteiger charge is -2.06. The predicted octanol–water partition coefficient (Wildman–Crippen LogP) is -1.51. The molecule has 0 saturated heterocycles. The van der Waals surface area contributed by atoms with Gasteiger partial charge in [-0.1, -0.05) is 12.8 Å². The molecule has 1 amide bonds. The molecule has 27 heavy (non-hydrogen) atoms. The first-order valence-electron chi connectivity index (χ1n) is 8.64.